The van der Waals surface area contributed by atoms with Crippen LogP contribution in [0.4, 0.5) is 0 Å². The lowest BCUT2D eigenvalue weighted by atomic mass is 10.0. The lowest BCUT2D eigenvalue weighted by Gasteiger charge is -2.11. The number of aliphatic hydroxyl groups is 2. The summed E-state index contributed by atoms with van der Waals surface area (Å²) in [6.45, 7) is 5.49. The molecule has 3 nitrogen and oxygen atoms in total. The van der Waals surface area contributed by atoms with Gasteiger partial charge in [0.15, 0.2) is 0 Å². The van der Waals surface area contributed by atoms with E-state index in [1.54, 1.807) is 6.08 Å². The van der Waals surface area contributed by atoms with Gasteiger partial charge in [-0.05, 0) is 12.8 Å². The van der Waals surface area contributed by atoms with Gasteiger partial charge in [-0.2, -0.15) is 0 Å². The maximum Gasteiger partial charge on any atom is 0.109 e. The molecule has 1 aliphatic rings. The van der Waals surface area contributed by atoms with Gasteiger partial charge in [0.1, 0.15) is 12.2 Å². The van der Waals surface area contributed by atoms with Crippen LogP contribution in [0, 0.1) is 0 Å². The topological polar surface area (TPSA) is 49.7 Å². The van der Waals surface area contributed by atoms with Crippen LogP contribution in [0.2, 0.25) is 0 Å². The second-order valence-electron chi connectivity index (χ2n) is 3.13. The van der Waals surface area contributed by atoms with Gasteiger partial charge in [-0.1, -0.05) is 13.0 Å². The average Bonchev–Trinajstić information content (AvgIpc) is 2.33. The largest absolute Gasteiger partial charge is 0.388 e. The first-order valence-corrected chi connectivity index (χ1v) is 4.33. The monoisotopic (exact) mass is 172 g/mol. The molecule has 12 heavy (non-hydrogen) atoms. The maximum atomic E-state index is 9.47. The van der Waals surface area contributed by atoms with Crippen molar-refractivity contribution < 1.29 is 14.9 Å². The molecule has 70 valence electrons. The van der Waals surface area contributed by atoms with Crippen LogP contribution in [0.25, 0.3) is 0 Å². The van der Waals surface area contributed by atoms with Crippen LogP contribution in [0.3, 0.4) is 0 Å². The third kappa shape index (κ3) is 1.68. The van der Waals surface area contributed by atoms with Crippen LogP contribution in [0.15, 0.2) is 12.7 Å². The van der Waals surface area contributed by atoms with Crippen molar-refractivity contribution in [1.29, 1.82) is 0 Å². The van der Waals surface area contributed by atoms with E-state index in [1.165, 1.54) is 0 Å². The molecule has 2 N–H and O–H groups in total. The van der Waals surface area contributed by atoms with Gasteiger partial charge in [-0.3, -0.25) is 0 Å². The highest BCUT2D eigenvalue weighted by molar-refractivity contribution is 4.92. The van der Waals surface area contributed by atoms with Crippen LogP contribution in [-0.2, 0) is 4.74 Å². The van der Waals surface area contributed by atoms with Crippen LogP contribution < -0.4 is 0 Å². The molecule has 4 atom stereocenters. The Hall–Kier alpha value is -0.380. The van der Waals surface area contributed by atoms with Crippen molar-refractivity contribution in [2.45, 2.75) is 44.2 Å². The maximum absolute atomic E-state index is 9.47. The Balaban J connectivity index is 2.53. The van der Waals surface area contributed by atoms with E-state index in [4.69, 9.17) is 4.74 Å². The van der Waals surface area contributed by atoms with E-state index in [2.05, 4.69) is 6.58 Å². The fourth-order valence-corrected chi connectivity index (χ4v) is 1.52. The van der Waals surface area contributed by atoms with E-state index in [0.29, 0.717) is 6.42 Å². The van der Waals surface area contributed by atoms with Crippen molar-refractivity contribution in [1.82, 2.24) is 0 Å². The molecule has 0 radical (unpaired) electrons. The number of ether oxygens (including phenoxy) is 1. The minimum absolute atomic E-state index is 0.218. The normalized spacial score (nSPS) is 41.6. The van der Waals surface area contributed by atoms with Crippen molar-refractivity contribution in [3.05, 3.63) is 12.7 Å². The van der Waals surface area contributed by atoms with E-state index in [1.807, 2.05) is 6.92 Å². The molecule has 1 heterocycles. The van der Waals surface area contributed by atoms with Gasteiger partial charge in [0.2, 0.25) is 0 Å². The van der Waals surface area contributed by atoms with Gasteiger partial charge in [-0.15, -0.1) is 6.58 Å². The molecule has 3 heteroatoms. The number of aliphatic hydroxyl groups excluding tert-OH is 2. The molecule has 1 fully saturated rings. The Morgan fingerprint density at radius 1 is 1.33 bits per heavy atom. The Morgan fingerprint density at radius 2 is 1.92 bits per heavy atom. The van der Waals surface area contributed by atoms with Crippen molar-refractivity contribution in [2.75, 3.05) is 0 Å². The first-order chi connectivity index (χ1) is 5.70. The first kappa shape index (κ1) is 9.71. The van der Waals surface area contributed by atoms with Gasteiger partial charge in [-0.25, -0.2) is 0 Å². The summed E-state index contributed by atoms with van der Waals surface area (Å²) in [7, 11) is 0. The van der Waals surface area contributed by atoms with E-state index in [-0.39, 0.29) is 12.2 Å². The number of hydrogen-bond donors (Lipinski definition) is 2. The summed E-state index contributed by atoms with van der Waals surface area (Å²) < 4.78 is 5.40. The van der Waals surface area contributed by atoms with Crippen LogP contribution in [-0.4, -0.2) is 34.6 Å². The zero-order valence-corrected chi connectivity index (χ0v) is 7.31. The lowest BCUT2D eigenvalue weighted by molar-refractivity contribution is 0.00838. The van der Waals surface area contributed by atoms with Crippen molar-refractivity contribution in [3.8, 4) is 0 Å². The van der Waals surface area contributed by atoms with E-state index < -0.39 is 12.2 Å². The molecule has 0 aliphatic carbocycles. The highest BCUT2D eigenvalue weighted by Gasteiger charge is 2.40. The van der Waals surface area contributed by atoms with Gasteiger partial charge >= 0.3 is 0 Å². The smallest absolute Gasteiger partial charge is 0.109 e. The minimum Gasteiger partial charge on any atom is -0.388 e. The third-order valence-electron chi connectivity index (χ3n) is 2.26. The zero-order valence-electron chi connectivity index (χ0n) is 7.31. The molecule has 0 aromatic carbocycles. The highest BCUT2D eigenvalue weighted by Crippen LogP contribution is 2.25. The van der Waals surface area contributed by atoms with Crippen LogP contribution in [0.5, 0.6) is 0 Å². The summed E-state index contributed by atoms with van der Waals surface area (Å²) in [6, 6.07) is 0. The average molecular weight is 172 g/mol. The summed E-state index contributed by atoms with van der Waals surface area (Å²) in [5.41, 5.74) is 0. The van der Waals surface area contributed by atoms with Crippen molar-refractivity contribution in [3.63, 3.8) is 0 Å². The Labute approximate surface area is 72.7 Å². The van der Waals surface area contributed by atoms with Crippen molar-refractivity contribution >= 4 is 0 Å². The third-order valence-corrected chi connectivity index (χ3v) is 2.26. The van der Waals surface area contributed by atoms with Gasteiger partial charge < -0.3 is 14.9 Å². The standard InChI is InChI=1S/C9H16O3/c1-3-5-7-9(11)8(10)6(4-2)12-7/h3,6-11H,1,4-5H2,2H3. The second-order valence-corrected chi connectivity index (χ2v) is 3.13. The predicted molar refractivity (Wildman–Crippen MR) is 45.8 cm³/mol. The molecule has 0 saturated carbocycles. The molecular formula is C9H16O3. The number of hydrogen-bond acceptors (Lipinski definition) is 3. The quantitative estimate of drug-likeness (QED) is 0.608. The summed E-state index contributed by atoms with van der Waals surface area (Å²) in [5.74, 6) is 0. The van der Waals surface area contributed by atoms with Gasteiger partial charge in [0, 0.05) is 0 Å². The molecule has 1 rings (SSSR count). The van der Waals surface area contributed by atoms with Crippen LogP contribution in [0.1, 0.15) is 19.8 Å². The molecule has 0 spiro atoms. The predicted octanol–water partition coefficient (Wildman–Crippen LogP) is 0.462. The van der Waals surface area contributed by atoms with Gasteiger partial charge in [0.05, 0.1) is 12.2 Å². The molecule has 1 saturated heterocycles. The molecular weight excluding hydrogens is 156 g/mol. The SMILES string of the molecule is C=CCC1OC(CC)C(O)C1O. The molecule has 0 aromatic heterocycles. The lowest BCUT2D eigenvalue weighted by Crippen LogP contribution is -2.31. The molecule has 0 bridgehead atoms. The van der Waals surface area contributed by atoms with Gasteiger partial charge in [0.25, 0.3) is 0 Å². The molecule has 0 amide bonds. The van der Waals surface area contributed by atoms with Crippen LogP contribution >= 0.6 is 0 Å². The number of rotatable bonds is 3. The molecule has 0 aromatic rings. The Kier molecular flexibility index (Phi) is 3.26. The second kappa shape index (κ2) is 4.03. The summed E-state index contributed by atoms with van der Waals surface area (Å²) >= 11 is 0. The van der Waals surface area contributed by atoms with E-state index >= 15 is 0 Å². The summed E-state index contributed by atoms with van der Waals surface area (Å²) in [4.78, 5) is 0. The summed E-state index contributed by atoms with van der Waals surface area (Å²) in [6.07, 6.45) is 1.03. The highest BCUT2D eigenvalue weighted by atomic mass is 16.5. The minimum atomic E-state index is -0.757. The first-order valence-electron chi connectivity index (χ1n) is 4.33. The fraction of sp³-hybridized carbons (Fsp3) is 0.778. The van der Waals surface area contributed by atoms with Crippen molar-refractivity contribution in [2.24, 2.45) is 0 Å². The van der Waals surface area contributed by atoms with E-state index in [9.17, 15) is 10.2 Å². The van der Waals surface area contributed by atoms with E-state index in [0.717, 1.165) is 6.42 Å². The summed E-state index contributed by atoms with van der Waals surface area (Å²) in [5, 5.41) is 18.9. The Bertz CT molecular complexity index is 158. The zero-order chi connectivity index (χ0) is 9.14. The molecule has 4 unspecified atom stereocenters. The molecule has 1 aliphatic heterocycles. The Morgan fingerprint density at radius 3 is 2.33 bits per heavy atom. The fourth-order valence-electron chi connectivity index (χ4n) is 1.52.